The molecule has 0 unspecified atom stereocenters. The maximum atomic E-state index is 12.3. The molecule has 2 rings (SSSR count). The van der Waals surface area contributed by atoms with Gasteiger partial charge in [-0.3, -0.25) is 4.79 Å². The minimum absolute atomic E-state index is 0.0498. The largest absolute Gasteiger partial charge is 0.484 e. The molecule has 5 nitrogen and oxygen atoms in total. The quantitative estimate of drug-likeness (QED) is 0.655. The van der Waals surface area contributed by atoms with Crippen LogP contribution in [-0.4, -0.2) is 24.9 Å². The van der Waals surface area contributed by atoms with Crippen molar-refractivity contribution in [3.05, 3.63) is 59.7 Å². The van der Waals surface area contributed by atoms with Gasteiger partial charge in [0.1, 0.15) is 6.61 Å². The number of alkyl halides is 2. The molecule has 1 amide bonds. The predicted octanol–water partition coefficient (Wildman–Crippen LogP) is 2.65. The van der Waals surface area contributed by atoms with E-state index in [1.165, 1.54) is 12.1 Å². The van der Waals surface area contributed by atoms with Gasteiger partial charge in [-0.1, -0.05) is 18.2 Å². The highest BCUT2D eigenvalue weighted by atomic mass is 19.3. The number of carbonyl (C=O) groups excluding carboxylic acids is 2. The van der Waals surface area contributed by atoms with Crippen LogP contribution in [0, 0.1) is 0 Å². The molecule has 0 bridgehead atoms. The normalized spacial score (nSPS) is 10.4. The zero-order chi connectivity index (χ0) is 16.8. The number of amides is 1. The fourth-order valence-corrected chi connectivity index (χ4v) is 1.74. The van der Waals surface area contributed by atoms with Crippen LogP contribution in [0.4, 0.5) is 8.78 Å². The summed E-state index contributed by atoms with van der Waals surface area (Å²) in [6.07, 6.45) is -2.72. The van der Waals surface area contributed by atoms with E-state index in [-0.39, 0.29) is 22.6 Å². The van der Waals surface area contributed by atoms with Gasteiger partial charge in [0.15, 0.2) is 11.5 Å². The number of hydrogen-bond donors (Lipinski definition) is 1. The summed E-state index contributed by atoms with van der Waals surface area (Å²) in [5, 5.41) is 0. The molecule has 0 saturated heterocycles. The van der Waals surface area contributed by atoms with Gasteiger partial charge in [-0.15, -0.1) is 0 Å². The summed E-state index contributed by atoms with van der Waals surface area (Å²) >= 11 is 0. The standard InChI is InChI=1S/C16H13F2NO4/c17-14(18)9-22-13-8-11(15(19)20)6-7-12(13)23-16(21)10-4-2-1-3-5-10/h1-8,14H,9H2,(H2,19,20). The Hall–Kier alpha value is -2.96. The second-order valence-corrected chi connectivity index (χ2v) is 4.48. The van der Waals surface area contributed by atoms with Crippen LogP contribution in [0.3, 0.4) is 0 Å². The van der Waals surface area contributed by atoms with Crippen LogP contribution in [0.15, 0.2) is 48.5 Å². The fourth-order valence-electron chi connectivity index (χ4n) is 1.74. The highest BCUT2D eigenvalue weighted by Crippen LogP contribution is 2.29. The molecule has 0 saturated carbocycles. The van der Waals surface area contributed by atoms with Crippen molar-refractivity contribution < 1.29 is 27.8 Å². The maximum Gasteiger partial charge on any atom is 0.343 e. The number of rotatable bonds is 6. The van der Waals surface area contributed by atoms with Crippen molar-refractivity contribution in [1.82, 2.24) is 0 Å². The molecule has 0 radical (unpaired) electrons. The molecule has 2 N–H and O–H groups in total. The molecular weight excluding hydrogens is 308 g/mol. The highest BCUT2D eigenvalue weighted by molar-refractivity contribution is 5.94. The van der Waals surface area contributed by atoms with Gasteiger partial charge in [0, 0.05) is 5.56 Å². The van der Waals surface area contributed by atoms with Crippen molar-refractivity contribution in [3.63, 3.8) is 0 Å². The summed E-state index contributed by atoms with van der Waals surface area (Å²) < 4.78 is 34.7. The summed E-state index contributed by atoms with van der Waals surface area (Å²) in [6, 6.07) is 11.8. The van der Waals surface area contributed by atoms with E-state index in [9.17, 15) is 18.4 Å². The van der Waals surface area contributed by atoms with Gasteiger partial charge < -0.3 is 15.2 Å². The molecule has 0 aliphatic carbocycles. The van der Waals surface area contributed by atoms with Crippen LogP contribution in [0.5, 0.6) is 11.5 Å². The number of primary amides is 1. The molecule has 0 aromatic heterocycles. The van der Waals surface area contributed by atoms with Crippen LogP contribution in [0.2, 0.25) is 0 Å². The lowest BCUT2D eigenvalue weighted by Crippen LogP contribution is -2.14. The summed E-state index contributed by atoms with van der Waals surface area (Å²) in [7, 11) is 0. The number of esters is 1. The van der Waals surface area contributed by atoms with E-state index < -0.39 is 24.9 Å². The zero-order valence-corrected chi connectivity index (χ0v) is 11.9. The number of carbonyl (C=O) groups is 2. The van der Waals surface area contributed by atoms with Crippen molar-refractivity contribution in [1.29, 1.82) is 0 Å². The predicted molar refractivity (Wildman–Crippen MR) is 77.9 cm³/mol. The molecule has 120 valence electrons. The van der Waals surface area contributed by atoms with Crippen molar-refractivity contribution in [2.45, 2.75) is 6.43 Å². The molecule has 7 heteroatoms. The Labute approximate surface area is 130 Å². The third-order valence-electron chi connectivity index (χ3n) is 2.81. The molecule has 0 aliphatic heterocycles. The van der Waals surface area contributed by atoms with Crippen LogP contribution in [0.1, 0.15) is 20.7 Å². The third-order valence-corrected chi connectivity index (χ3v) is 2.81. The summed E-state index contributed by atoms with van der Waals surface area (Å²) in [4.78, 5) is 23.2. The molecule has 2 aromatic rings. The van der Waals surface area contributed by atoms with E-state index in [2.05, 4.69) is 0 Å². The Morgan fingerprint density at radius 1 is 1.00 bits per heavy atom. The molecule has 0 heterocycles. The van der Waals surface area contributed by atoms with E-state index in [1.807, 2.05) is 0 Å². The zero-order valence-electron chi connectivity index (χ0n) is 11.9. The number of halogens is 2. The minimum atomic E-state index is -2.72. The summed E-state index contributed by atoms with van der Waals surface area (Å²) in [5.74, 6) is -1.68. The second-order valence-electron chi connectivity index (χ2n) is 4.48. The van der Waals surface area contributed by atoms with Crippen LogP contribution in [-0.2, 0) is 0 Å². The van der Waals surface area contributed by atoms with Crippen molar-refractivity contribution >= 4 is 11.9 Å². The molecular formula is C16H13F2NO4. The van der Waals surface area contributed by atoms with E-state index in [0.717, 1.165) is 6.07 Å². The van der Waals surface area contributed by atoms with E-state index in [0.29, 0.717) is 0 Å². The molecule has 2 aromatic carbocycles. The van der Waals surface area contributed by atoms with Gasteiger partial charge in [0.05, 0.1) is 5.56 Å². The maximum absolute atomic E-state index is 12.3. The van der Waals surface area contributed by atoms with E-state index in [4.69, 9.17) is 15.2 Å². The Kier molecular flexibility index (Phi) is 5.24. The topological polar surface area (TPSA) is 78.6 Å². The number of nitrogens with two attached hydrogens (primary N) is 1. The van der Waals surface area contributed by atoms with Gasteiger partial charge >= 0.3 is 5.97 Å². The van der Waals surface area contributed by atoms with Gasteiger partial charge in [0.25, 0.3) is 6.43 Å². The first kappa shape index (κ1) is 16.4. The molecule has 0 fully saturated rings. The number of ether oxygens (including phenoxy) is 2. The Morgan fingerprint density at radius 2 is 1.70 bits per heavy atom. The second kappa shape index (κ2) is 7.35. The minimum Gasteiger partial charge on any atom is -0.484 e. The smallest absolute Gasteiger partial charge is 0.343 e. The van der Waals surface area contributed by atoms with Gasteiger partial charge in [-0.05, 0) is 30.3 Å². The number of benzene rings is 2. The average molecular weight is 321 g/mol. The van der Waals surface area contributed by atoms with Crippen molar-refractivity contribution in [2.75, 3.05) is 6.61 Å². The Bertz CT molecular complexity index is 704. The highest BCUT2D eigenvalue weighted by Gasteiger charge is 2.16. The molecule has 0 aliphatic rings. The van der Waals surface area contributed by atoms with Crippen LogP contribution in [0.25, 0.3) is 0 Å². The lowest BCUT2D eigenvalue weighted by atomic mass is 10.2. The molecule has 0 atom stereocenters. The van der Waals surface area contributed by atoms with Crippen molar-refractivity contribution in [2.24, 2.45) is 5.73 Å². The first-order chi connectivity index (χ1) is 11.0. The molecule has 0 spiro atoms. The fraction of sp³-hybridized carbons (Fsp3) is 0.125. The Morgan fingerprint density at radius 3 is 2.30 bits per heavy atom. The SMILES string of the molecule is NC(=O)c1ccc(OC(=O)c2ccccc2)c(OCC(F)F)c1. The lowest BCUT2D eigenvalue weighted by molar-refractivity contribution is 0.0695. The van der Waals surface area contributed by atoms with Gasteiger partial charge in [-0.25, -0.2) is 13.6 Å². The number of hydrogen-bond acceptors (Lipinski definition) is 4. The van der Waals surface area contributed by atoms with Gasteiger partial charge in [0.2, 0.25) is 5.91 Å². The Balaban J connectivity index is 2.25. The first-order valence-corrected chi connectivity index (χ1v) is 6.59. The monoisotopic (exact) mass is 321 g/mol. The van der Waals surface area contributed by atoms with E-state index >= 15 is 0 Å². The van der Waals surface area contributed by atoms with Crippen LogP contribution >= 0.6 is 0 Å². The van der Waals surface area contributed by atoms with Crippen LogP contribution < -0.4 is 15.2 Å². The summed E-state index contributed by atoms with van der Waals surface area (Å²) in [6.45, 7) is -0.905. The van der Waals surface area contributed by atoms with E-state index in [1.54, 1.807) is 30.3 Å². The lowest BCUT2D eigenvalue weighted by Gasteiger charge is -2.12. The summed E-state index contributed by atoms with van der Waals surface area (Å²) in [5.41, 5.74) is 5.46. The third kappa shape index (κ3) is 4.50. The average Bonchev–Trinajstić information content (AvgIpc) is 2.54. The molecule has 23 heavy (non-hydrogen) atoms. The van der Waals surface area contributed by atoms with Crippen molar-refractivity contribution in [3.8, 4) is 11.5 Å². The van der Waals surface area contributed by atoms with Gasteiger partial charge in [-0.2, -0.15) is 0 Å². The first-order valence-electron chi connectivity index (χ1n) is 6.59.